The second-order valence-corrected chi connectivity index (χ2v) is 9.99. The maximum absolute atomic E-state index is 13.7. The second-order valence-electron chi connectivity index (χ2n) is 9.58. The molecule has 16 heteroatoms. The molecule has 0 radical (unpaired) electrons. The van der Waals surface area contributed by atoms with Gasteiger partial charge in [-0.1, -0.05) is 11.6 Å². The molecule has 2 amide bonds. The number of fused-ring (bicyclic) bond motifs is 1. The molecule has 3 aromatic heterocycles. The lowest BCUT2D eigenvalue weighted by atomic mass is 10.1. The van der Waals surface area contributed by atoms with E-state index in [2.05, 4.69) is 20.4 Å². The molecule has 1 atom stereocenters. The number of nitrogens with two attached hydrogens (primary N) is 1. The Labute approximate surface area is 242 Å². The minimum absolute atomic E-state index is 0.105. The molecule has 1 unspecified atom stereocenters. The Kier molecular flexibility index (Phi) is 7.76. The van der Waals surface area contributed by atoms with Crippen molar-refractivity contribution in [1.82, 2.24) is 33.9 Å². The molecule has 1 aromatic carbocycles. The number of alkyl halides is 3. The summed E-state index contributed by atoms with van der Waals surface area (Å²) in [5.41, 5.74) is 5.37. The number of carbonyl (C=O) groups is 2. The molecule has 5 rings (SSSR count). The Balaban J connectivity index is 1.36. The first-order valence-corrected chi connectivity index (χ1v) is 13.1. The van der Waals surface area contributed by atoms with E-state index in [1.807, 2.05) is 0 Å². The minimum atomic E-state index is -4.75. The number of hydrogen-bond donors (Lipinski definition) is 2. The first-order chi connectivity index (χ1) is 20.0. The van der Waals surface area contributed by atoms with Gasteiger partial charge >= 0.3 is 6.18 Å². The average Bonchev–Trinajstić information content (AvgIpc) is 3.58. The molecule has 1 saturated heterocycles. The number of anilines is 2. The molecule has 3 N–H and O–H groups in total. The topological polar surface area (TPSA) is 150 Å². The maximum atomic E-state index is 13.7. The number of benzene rings is 1. The third kappa shape index (κ3) is 5.58. The van der Waals surface area contributed by atoms with Gasteiger partial charge < -0.3 is 20.9 Å². The van der Waals surface area contributed by atoms with Crippen LogP contribution in [-0.2, 0) is 17.5 Å². The summed E-state index contributed by atoms with van der Waals surface area (Å²) in [5.74, 6) is -0.222. The number of halogens is 4. The van der Waals surface area contributed by atoms with Gasteiger partial charge in [-0.15, -0.1) is 0 Å². The monoisotopic (exact) mass is 600 g/mol. The van der Waals surface area contributed by atoms with Crippen molar-refractivity contribution >= 4 is 40.6 Å². The molecule has 42 heavy (non-hydrogen) atoms. The fourth-order valence-corrected chi connectivity index (χ4v) is 4.93. The smallest absolute Gasteiger partial charge is 0.338 e. The van der Waals surface area contributed by atoms with Crippen molar-refractivity contribution in [2.75, 3.05) is 31.5 Å². The maximum Gasteiger partial charge on any atom is 0.435 e. The van der Waals surface area contributed by atoms with E-state index in [-0.39, 0.29) is 51.7 Å². The van der Waals surface area contributed by atoms with Gasteiger partial charge in [0.2, 0.25) is 5.91 Å². The minimum Gasteiger partial charge on any atom is -0.338 e. The van der Waals surface area contributed by atoms with Gasteiger partial charge in [-0.25, -0.2) is 9.97 Å². The van der Waals surface area contributed by atoms with E-state index in [9.17, 15) is 22.8 Å². The number of amides is 2. The molecule has 0 aliphatic carbocycles. The Morgan fingerprint density at radius 2 is 1.90 bits per heavy atom. The van der Waals surface area contributed by atoms with Crippen molar-refractivity contribution in [3.8, 4) is 17.3 Å². The van der Waals surface area contributed by atoms with Crippen LogP contribution in [0.25, 0.3) is 16.9 Å². The summed E-state index contributed by atoms with van der Waals surface area (Å²) in [7, 11) is 0. The van der Waals surface area contributed by atoms with Crippen LogP contribution in [0.4, 0.5) is 24.7 Å². The van der Waals surface area contributed by atoms with Crippen LogP contribution < -0.4 is 11.1 Å². The van der Waals surface area contributed by atoms with Crippen molar-refractivity contribution < 1.29 is 22.8 Å². The van der Waals surface area contributed by atoms with Crippen LogP contribution in [0.1, 0.15) is 23.0 Å². The SMILES string of the molecule is CC(N)C(=O)N1CCN(C(=O)c2ccc(Nc3nccn4c(-c5cn(CC#N)nc5C(F)(F)F)cnc34)cc2Cl)CC1. The molecule has 1 fully saturated rings. The van der Waals surface area contributed by atoms with Crippen LogP contribution in [0.15, 0.2) is 43.0 Å². The number of carbonyl (C=O) groups excluding carboxylic acids is 2. The quantitative estimate of drug-likeness (QED) is 0.343. The molecule has 12 nitrogen and oxygen atoms in total. The Hall–Kier alpha value is -4.68. The zero-order chi connectivity index (χ0) is 30.2. The van der Waals surface area contributed by atoms with Gasteiger partial charge in [-0.05, 0) is 25.1 Å². The third-order valence-corrected chi connectivity index (χ3v) is 7.01. The fraction of sp³-hybridized carbons (Fsp3) is 0.308. The van der Waals surface area contributed by atoms with Gasteiger partial charge in [-0.2, -0.15) is 23.5 Å². The van der Waals surface area contributed by atoms with E-state index >= 15 is 0 Å². The highest BCUT2D eigenvalue weighted by atomic mass is 35.5. The third-order valence-electron chi connectivity index (χ3n) is 6.70. The summed E-state index contributed by atoms with van der Waals surface area (Å²) in [4.78, 5) is 37.0. The summed E-state index contributed by atoms with van der Waals surface area (Å²) in [6.07, 6.45) is 0.512. The Bertz CT molecular complexity index is 1700. The first-order valence-electron chi connectivity index (χ1n) is 12.7. The van der Waals surface area contributed by atoms with Crippen LogP contribution >= 0.6 is 11.6 Å². The normalized spacial score (nSPS) is 14.6. The lowest BCUT2D eigenvalue weighted by Gasteiger charge is -2.35. The van der Waals surface area contributed by atoms with Gasteiger partial charge in [0, 0.05) is 50.5 Å². The van der Waals surface area contributed by atoms with E-state index in [0.717, 1.165) is 10.9 Å². The Morgan fingerprint density at radius 1 is 1.19 bits per heavy atom. The van der Waals surface area contributed by atoms with Gasteiger partial charge in [0.15, 0.2) is 17.2 Å². The molecule has 0 saturated carbocycles. The number of hydrogen-bond acceptors (Lipinski definition) is 8. The van der Waals surface area contributed by atoms with Gasteiger partial charge in [0.05, 0.1) is 40.2 Å². The van der Waals surface area contributed by atoms with Gasteiger partial charge in [0.25, 0.3) is 5.91 Å². The number of nitrogens with zero attached hydrogens (tertiary/aromatic N) is 8. The average molecular weight is 601 g/mol. The number of aromatic nitrogens is 5. The number of rotatable bonds is 6. The predicted molar refractivity (Wildman–Crippen MR) is 146 cm³/mol. The van der Waals surface area contributed by atoms with Crippen LogP contribution in [-0.4, -0.2) is 78.0 Å². The van der Waals surface area contributed by atoms with E-state index < -0.39 is 17.9 Å². The highest BCUT2D eigenvalue weighted by Crippen LogP contribution is 2.37. The zero-order valence-corrected chi connectivity index (χ0v) is 22.9. The summed E-state index contributed by atoms with van der Waals surface area (Å²) in [5, 5.41) is 15.7. The fourth-order valence-electron chi connectivity index (χ4n) is 4.67. The van der Waals surface area contributed by atoms with Crippen molar-refractivity contribution in [3.05, 3.63) is 59.3 Å². The summed E-state index contributed by atoms with van der Waals surface area (Å²) in [6.45, 7) is 2.69. The summed E-state index contributed by atoms with van der Waals surface area (Å²) in [6, 6.07) is 5.88. The molecule has 4 heterocycles. The van der Waals surface area contributed by atoms with Gasteiger partial charge in [-0.3, -0.25) is 18.7 Å². The van der Waals surface area contributed by atoms with Crippen molar-refractivity contribution in [2.45, 2.75) is 25.7 Å². The predicted octanol–water partition coefficient (Wildman–Crippen LogP) is 3.16. The second kappa shape index (κ2) is 11.3. The molecule has 1 aliphatic heterocycles. The van der Waals surface area contributed by atoms with Crippen molar-refractivity contribution in [2.24, 2.45) is 5.73 Å². The Morgan fingerprint density at radius 3 is 2.55 bits per heavy atom. The highest BCUT2D eigenvalue weighted by Gasteiger charge is 2.38. The molecular formula is C26H24ClF3N10O2. The van der Waals surface area contributed by atoms with Gasteiger partial charge in [0.1, 0.15) is 6.54 Å². The lowest BCUT2D eigenvalue weighted by molar-refractivity contribution is -0.141. The zero-order valence-electron chi connectivity index (χ0n) is 22.1. The number of nitriles is 1. The molecule has 0 bridgehead atoms. The first kappa shape index (κ1) is 28.8. The summed E-state index contributed by atoms with van der Waals surface area (Å²) >= 11 is 6.47. The lowest BCUT2D eigenvalue weighted by Crippen LogP contribution is -2.53. The van der Waals surface area contributed by atoms with Crippen LogP contribution in [0, 0.1) is 11.3 Å². The molecule has 1 aliphatic rings. The molecule has 0 spiro atoms. The highest BCUT2D eigenvalue weighted by molar-refractivity contribution is 6.34. The summed E-state index contributed by atoms with van der Waals surface area (Å²) < 4.78 is 43.5. The van der Waals surface area contributed by atoms with E-state index in [1.54, 1.807) is 34.9 Å². The van der Waals surface area contributed by atoms with Crippen LogP contribution in [0.3, 0.4) is 0 Å². The van der Waals surface area contributed by atoms with Crippen LogP contribution in [0.5, 0.6) is 0 Å². The van der Waals surface area contributed by atoms with E-state index in [4.69, 9.17) is 22.6 Å². The van der Waals surface area contributed by atoms with E-state index in [0.29, 0.717) is 31.9 Å². The number of nitrogens with one attached hydrogen (secondary N) is 1. The van der Waals surface area contributed by atoms with Crippen LogP contribution in [0.2, 0.25) is 5.02 Å². The van der Waals surface area contributed by atoms with Crippen molar-refractivity contribution in [1.29, 1.82) is 5.26 Å². The standard InChI is InChI=1S/C26H24ClF3N10O2/c1-15(32)24(41)37-8-10-38(11-9-37)25(42)17-3-2-16(12-19(17)27)35-22-23-34-13-20(40(23)7-5-33-22)18-14-39(6-4-31)36-21(18)26(28,29)30/h2-3,5,7,12-15H,6,8-11,32H2,1H3,(H,33,35). The molecule has 4 aromatic rings. The molecule has 218 valence electrons. The number of piperazine rings is 1. The number of imidazole rings is 1. The van der Waals surface area contributed by atoms with E-state index in [1.165, 1.54) is 29.1 Å². The largest absolute Gasteiger partial charge is 0.435 e. The van der Waals surface area contributed by atoms with Crippen molar-refractivity contribution in [3.63, 3.8) is 0 Å². The molecular weight excluding hydrogens is 577 g/mol.